The van der Waals surface area contributed by atoms with Crippen molar-refractivity contribution in [3.05, 3.63) is 40.7 Å². The first kappa shape index (κ1) is 10.3. The molecule has 0 saturated heterocycles. The molecule has 0 radical (unpaired) electrons. The minimum absolute atomic E-state index is 0.207. The van der Waals surface area contributed by atoms with Crippen molar-refractivity contribution in [2.24, 2.45) is 0 Å². The number of H-pyrrole nitrogens is 1. The zero-order valence-corrected chi connectivity index (χ0v) is 8.73. The van der Waals surface area contributed by atoms with Crippen LogP contribution in [0.25, 0.3) is 0 Å². The molecule has 0 aliphatic carbocycles. The van der Waals surface area contributed by atoms with Crippen molar-refractivity contribution in [2.45, 2.75) is 10.2 Å². The van der Waals surface area contributed by atoms with Crippen molar-refractivity contribution in [1.29, 1.82) is 5.26 Å². The summed E-state index contributed by atoms with van der Waals surface area (Å²) in [6, 6.07) is 3.23. The molecule has 2 heterocycles. The zero-order chi connectivity index (χ0) is 11.4. The Bertz CT molecular complexity index is 603. The maximum Gasteiger partial charge on any atom is 0.251 e. The van der Waals surface area contributed by atoms with Crippen LogP contribution >= 0.6 is 11.8 Å². The highest BCUT2D eigenvalue weighted by Crippen LogP contribution is 2.22. The number of hydrogen-bond donors (Lipinski definition) is 1. The monoisotopic (exact) mass is 231 g/mol. The Hall–Kier alpha value is -2.20. The smallest absolute Gasteiger partial charge is 0.251 e. The van der Waals surface area contributed by atoms with Crippen LogP contribution in [0.3, 0.4) is 0 Å². The van der Waals surface area contributed by atoms with E-state index in [1.807, 2.05) is 6.07 Å². The summed E-state index contributed by atoms with van der Waals surface area (Å²) in [7, 11) is 0. The highest BCUT2D eigenvalue weighted by Gasteiger charge is 2.07. The Morgan fingerprint density at radius 3 is 2.81 bits per heavy atom. The molecule has 78 valence electrons. The fourth-order valence-corrected chi connectivity index (χ4v) is 1.73. The van der Waals surface area contributed by atoms with Crippen molar-refractivity contribution in [3.63, 3.8) is 0 Å². The van der Waals surface area contributed by atoms with Crippen LogP contribution in [-0.4, -0.2) is 19.9 Å². The van der Waals surface area contributed by atoms with E-state index in [1.165, 1.54) is 24.7 Å². The summed E-state index contributed by atoms with van der Waals surface area (Å²) in [6.07, 6.45) is 4.30. The molecule has 7 heteroatoms. The van der Waals surface area contributed by atoms with E-state index in [9.17, 15) is 4.79 Å². The number of rotatable bonds is 2. The summed E-state index contributed by atoms with van der Waals surface area (Å²) in [6.45, 7) is 0. The normalized spacial score (nSPS) is 9.69. The van der Waals surface area contributed by atoms with Gasteiger partial charge in [0.05, 0.1) is 0 Å². The van der Waals surface area contributed by atoms with Gasteiger partial charge in [-0.1, -0.05) is 0 Å². The van der Waals surface area contributed by atoms with Crippen LogP contribution in [0, 0.1) is 11.3 Å². The Morgan fingerprint density at radius 2 is 2.06 bits per heavy atom. The van der Waals surface area contributed by atoms with Crippen LogP contribution in [0.5, 0.6) is 0 Å². The molecule has 0 aliphatic heterocycles. The van der Waals surface area contributed by atoms with Gasteiger partial charge in [-0.05, 0) is 11.8 Å². The van der Waals surface area contributed by atoms with E-state index in [2.05, 4.69) is 19.9 Å². The number of aromatic nitrogens is 4. The van der Waals surface area contributed by atoms with Crippen LogP contribution in [0.15, 0.2) is 39.6 Å². The maximum atomic E-state index is 11.0. The van der Waals surface area contributed by atoms with Crippen LogP contribution < -0.4 is 5.56 Å². The Labute approximate surface area is 94.4 Å². The quantitative estimate of drug-likeness (QED) is 0.759. The van der Waals surface area contributed by atoms with E-state index in [1.54, 1.807) is 0 Å². The molecular formula is C9H5N5OS. The van der Waals surface area contributed by atoms with Gasteiger partial charge in [0.15, 0.2) is 10.9 Å². The van der Waals surface area contributed by atoms with Gasteiger partial charge in [-0.15, -0.1) is 0 Å². The van der Waals surface area contributed by atoms with Crippen molar-refractivity contribution in [3.8, 4) is 6.07 Å². The molecule has 1 N–H and O–H groups in total. The second-order valence-electron chi connectivity index (χ2n) is 2.66. The summed E-state index contributed by atoms with van der Waals surface area (Å²) >= 11 is 1.09. The Kier molecular flexibility index (Phi) is 2.93. The van der Waals surface area contributed by atoms with Crippen LogP contribution in [0.4, 0.5) is 0 Å². The molecule has 16 heavy (non-hydrogen) atoms. The molecule has 0 atom stereocenters. The molecule has 2 rings (SSSR count). The van der Waals surface area contributed by atoms with Crippen molar-refractivity contribution >= 4 is 11.8 Å². The molecule has 0 spiro atoms. The van der Waals surface area contributed by atoms with Gasteiger partial charge in [-0.25, -0.2) is 15.0 Å². The third kappa shape index (κ3) is 2.24. The first-order valence-corrected chi connectivity index (χ1v) is 5.05. The van der Waals surface area contributed by atoms with Crippen LogP contribution in [-0.2, 0) is 0 Å². The van der Waals surface area contributed by atoms with E-state index in [-0.39, 0.29) is 11.3 Å². The van der Waals surface area contributed by atoms with E-state index in [4.69, 9.17) is 5.26 Å². The lowest BCUT2D eigenvalue weighted by Gasteiger charge is -1.99. The van der Waals surface area contributed by atoms with E-state index in [0.29, 0.717) is 10.2 Å². The number of nitrogens with zero attached hydrogens (tertiary/aromatic N) is 4. The van der Waals surface area contributed by atoms with Gasteiger partial charge in [-0.2, -0.15) is 5.26 Å². The third-order valence-corrected chi connectivity index (χ3v) is 2.50. The number of nitrogens with one attached hydrogen (secondary N) is 1. The lowest BCUT2D eigenvalue weighted by Crippen LogP contribution is -2.05. The van der Waals surface area contributed by atoms with Gasteiger partial charge in [0, 0.05) is 24.7 Å². The highest BCUT2D eigenvalue weighted by atomic mass is 32.2. The molecule has 0 fully saturated rings. The fourth-order valence-electron chi connectivity index (χ4n) is 0.972. The Morgan fingerprint density at radius 1 is 1.25 bits per heavy atom. The standard InChI is InChI=1S/C9H5N5OS/c10-5-6-8(12-4-3-11-6)16-9-13-2-1-7(15)14-9/h1-4H,(H,13,14,15). The predicted octanol–water partition coefficient (Wildman–Crippen LogP) is 0.583. The molecule has 0 aliphatic rings. The first-order valence-electron chi connectivity index (χ1n) is 4.24. The van der Waals surface area contributed by atoms with Crippen molar-refractivity contribution < 1.29 is 0 Å². The van der Waals surface area contributed by atoms with Crippen LogP contribution in [0.1, 0.15) is 5.69 Å². The predicted molar refractivity (Wildman–Crippen MR) is 55.7 cm³/mol. The second kappa shape index (κ2) is 4.55. The van der Waals surface area contributed by atoms with Gasteiger partial charge in [-0.3, -0.25) is 4.79 Å². The molecule has 0 saturated carbocycles. The average molecular weight is 231 g/mol. The maximum absolute atomic E-state index is 11.0. The van der Waals surface area contributed by atoms with E-state index in [0.717, 1.165) is 11.8 Å². The summed E-state index contributed by atoms with van der Waals surface area (Å²) in [4.78, 5) is 25.3. The second-order valence-corrected chi connectivity index (χ2v) is 3.64. The largest absolute Gasteiger partial charge is 0.301 e. The summed E-state index contributed by atoms with van der Waals surface area (Å²) < 4.78 is 0. The molecule has 6 nitrogen and oxygen atoms in total. The molecule has 0 bridgehead atoms. The lowest BCUT2D eigenvalue weighted by atomic mass is 10.5. The van der Waals surface area contributed by atoms with Gasteiger partial charge < -0.3 is 4.98 Å². The van der Waals surface area contributed by atoms with Crippen molar-refractivity contribution in [1.82, 2.24) is 19.9 Å². The number of aromatic amines is 1. The minimum atomic E-state index is -0.250. The lowest BCUT2D eigenvalue weighted by molar-refractivity contribution is 0.926. The topological polar surface area (TPSA) is 95.3 Å². The van der Waals surface area contributed by atoms with Gasteiger partial charge in [0.1, 0.15) is 11.1 Å². The first-order chi connectivity index (χ1) is 7.79. The highest BCUT2D eigenvalue weighted by molar-refractivity contribution is 7.99. The molecular weight excluding hydrogens is 226 g/mol. The molecule has 2 aromatic rings. The number of hydrogen-bond acceptors (Lipinski definition) is 6. The number of nitriles is 1. The van der Waals surface area contributed by atoms with Gasteiger partial charge in [0.25, 0.3) is 5.56 Å². The molecule has 0 amide bonds. The fraction of sp³-hybridized carbons (Fsp3) is 0. The van der Waals surface area contributed by atoms with Gasteiger partial charge in [0.2, 0.25) is 0 Å². The molecule has 0 aromatic carbocycles. The minimum Gasteiger partial charge on any atom is -0.301 e. The van der Waals surface area contributed by atoms with E-state index < -0.39 is 0 Å². The Balaban J connectivity index is 2.35. The SMILES string of the molecule is N#Cc1nccnc1Sc1nccc(=O)[nH]1. The van der Waals surface area contributed by atoms with E-state index >= 15 is 0 Å². The summed E-state index contributed by atoms with van der Waals surface area (Å²) in [5.74, 6) is 0. The summed E-state index contributed by atoms with van der Waals surface area (Å²) in [5.41, 5.74) is -0.0427. The van der Waals surface area contributed by atoms with Crippen molar-refractivity contribution in [2.75, 3.05) is 0 Å². The third-order valence-electron chi connectivity index (χ3n) is 1.61. The summed E-state index contributed by atoms with van der Waals surface area (Å²) in [5, 5.41) is 9.59. The van der Waals surface area contributed by atoms with Crippen LogP contribution in [0.2, 0.25) is 0 Å². The average Bonchev–Trinajstić information content (AvgIpc) is 2.30. The zero-order valence-electron chi connectivity index (χ0n) is 7.91. The molecule has 0 unspecified atom stereocenters. The molecule has 2 aromatic heterocycles. The van der Waals surface area contributed by atoms with Gasteiger partial charge >= 0.3 is 0 Å².